The van der Waals surface area contributed by atoms with Crippen molar-refractivity contribution in [3.8, 4) is 0 Å². The molecule has 1 aliphatic carbocycles. The average Bonchev–Trinajstić information content (AvgIpc) is 2.94. The highest BCUT2D eigenvalue weighted by atomic mass is 35.5. The van der Waals surface area contributed by atoms with Crippen LogP contribution in [0.4, 0.5) is 0 Å². The lowest BCUT2D eigenvalue weighted by atomic mass is 9.78. The van der Waals surface area contributed by atoms with E-state index in [1.54, 1.807) is 0 Å². The van der Waals surface area contributed by atoms with Crippen LogP contribution >= 0.6 is 22.9 Å². The number of hydrogen-bond donors (Lipinski definition) is 1. The molecule has 0 bridgehead atoms. The molecule has 0 aliphatic heterocycles. The second kappa shape index (κ2) is 6.21. The van der Waals surface area contributed by atoms with Crippen molar-refractivity contribution in [1.29, 1.82) is 0 Å². The van der Waals surface area contributed by atoms with Gasteiger partial charge in [0.15, 0.2) is 0 Å². The zero-order chi connectivity index (χ0) is 12.1. The van der Waals surface area contributed by atoms with E-state index in [0.717, 1.165) is 11.6 Å². The molecule has 1 fully saturated rings. The first kappa shape index (κ1) is 13.4. The van der Waals surface area contributed by atoms with Crippen molar-refractivity contribution < 1.29 is 0 Å². The number of hydrogen-bond acceptors (Lipinski definition) is 2. The van der Waals surface area contributed by atoms with Gasteiger partial charge in [0, 0.05) is 4.88 Å². The molecule has 0 radical (unpaired) electrons. The molecule has 96 valence electrons. The summed E-state index contributed by atoms with van der Waals surface area (Å²) in [5, 5.41) is 6.37. The van der Waals surface area contributed by atoms with Crippen LogP contribution in [0, 0.1) is 5.41 Å². The zero-order valence-electron chi connectivity index (χ0n) is 10.6. The van der Waals surface area contributed by atoms with Gasteiger partial charge in [-0.3, -0.25) is 0 Å². The fraction of sp³-hybridized carbons (Fsp3) is 0.714. The largest absolute Gasteiger partial charge is 0.320 e. The first-order valence-corrected chi connectivity index (χ1v) is 7.88. The molecular weight excluding hydrogens is 250 g/mol. The number of halogens is 1. The topological polar surface area (TPSA) is 12.0 Å². The van der Waals surface area contributed by atoms with E-state index < -0.39 is 0 Å². The minimum Gasteiger partial charge on any atom is -0.320 e. The zero-order valence-corrected chi connectivity index (χ0v) is 12.2. The van der Waals surface area contributed by atoms with Crippen LogP contribution < -0.4 is 5.32 Å². The van der Waals surface area contributed by atoms with E-state index in [1.165, 1.54) is 49.8 Å². The predicted molar refractivity (Wildman–Crippen MR) is 77.1 cm³/mol. The van der Waals surface area contributed by atoms with Gasteiger partial charge in [-0.15, -0.1) is 11.3 Å². The lowest BCUT2D eigenvalue weighted by Gasteiger charge is -2.29. The molecule has 0 saturated heterocycles. The highest BCUT2D eigenvalue weighted by Gasteiger charge is 2.32. The summed E-state index contributed by atoms with van der Waals surface area (Å²) in [6.45, 7) is 1.15. The predicted octanol–water partition coefficient (Wildman–Crippen LogP) is 4.50. The Bertz CT molecular complexity index is 342. The number of thiophene rings is 1. The molecule has 0 aromatic carbocycles. The van der Waals surface area contributed by atoms with Crippen molar-refractivity contribution in [1.82, 2.24) is 5.32 Å². The van der Waals surface area contributed by atoms with Gasteiger partial charge in [0.1, 0.15) is 0 Å². The standard InChI is InChI=1S/C14H22ClNS/c1-16-10-9-14(6-2-3-7-14)8-4-13-12(15)5-11-17-13/h5,11,16H,2-4,6-10H2,1H3. The quantitative estimate of drug-likeness (QED) is 0.803. The van der Waals surface area contributed by atoms with Crippen molar-refractivity contribution in [2.24, 2.45) is 5.41 Å². The molecular formula is C14H22ClNS. The normalized spacial score (nSPS) is 18.7. The summed E-state index contributed by atoms with van der Waals surface area (Å²) >= 11 is 7.98. The molecule has 1 aromatic heterocycles. The molecule has 1 N–H and O–H groups in total. The molecule has 1 aromatic rings. The van der Waals surface area contributed by atoms with E-state index in [0.29, 0.717) is 5.41 Å². The summed E-state index contributed by atoms with van der Waals surface area (Å²) in [6.07, 6.45) is 9.47. The van der Waals surface area contributed by atoms with Crippen molar-refractivity contribution in [3.05, 3.63) is 21.3 Å². The van der Waals surface area contributed by atoms with Crippen molar-refractivity contribution in [2.75, 3.05) is 13.6 Å². The van der Waals surface area contributed by atoms with Gasteiger partial charge in [-0.05, 0) is 62.6 Å². The summed E-state index contributed by atoms with van der Waals surface area (Å²) in [5.74, 6) is 0. The Morgan fingerprint density at radius 2 is 2.12 bits per heavy atom. The SMILES string of the molecule is CNCCC1(CCc2sccc2Cl)CCCC1. The fourth-order valence-corrected chi connectivity index (χ4v) is 4.16. The van der Waals surface area contributed by atoms with E-state index in [-0.39, 0.29) is 0 Å². The van der Waals surface area contributed by atoms with Crippen LogP contribution in [0.15, 0.2) is 11.4 Å². The minimum absolute atomic E-state index is 0.594. The van der Waals surface area contributed by atoms with Gasteiger partial charge >= 0.3 is 0 Å². The van der Waals surface area contributed by atoms with Gasteiger partial charge in [-0.1, -0.05) is 24.4 Å². The monoisotopic (exact) mass is 271 g/mol. The molecule has 2 rings (SSSR count). The molecule has 0 atom stereocenters. The molecule has 3 heteroatoms. The maximum Gasteiger partial charge on any atom is 0.0544 e. The van der Waals surface area contributed by atoms with Crippen LogP contribution in [0.1, 0.15) is 43.4 Å². The van der Waals surface area contributed by atoms with Gasteiger partial charge < -0.3 is 5.32 Å². The molecule has 1 aliphatic rings. The number of nitrogens with one attached hydrogen (secondary N) is 1. The van der Waals surface area contributed by atoms with E-state index in [9.17, 15) is 0 Å². The molecule has 1 saturated carbocycles. The molecule has 0 amide bonds. The average molecular weight is 272 g/mol. The molecule has 0 unspecified atom stereocenters. The first-order valence-electron chi connectivity index (χ1n) is 6.62. The van der Waals surface area contributed by atoms with E-state index in [1.807, 2.05) is 17.4 Å². The van der Waals surface area contributed by atoms with Gasteiger partial charge in [-0.25, -0.2) is 0 Å². The molecule has 1 nitrogen and oxygen atoms in total. The Balaban J connectivity index is 1.91. The Morgan fingerprint density at radius 1 is 1.35 bits per heavy atom. The molecule has 0 spiro atoms. The van der Waals surface area contributed by atoms with E-state index in [4.69, 9.17) is 11.6 Å². The van der Waals surface area contributed by atoms with Gasteiger partial charge in [0.05, 0.1) is 5.02 Å². The van der Waals surface area contributed by atoms with Crippen LogP contribution in [-0.4, -0.2) is 13.6 Å². The van der Waals surface area contributed by atoms with Crippen LogP contribution in [0.5, 0.6) is 0 Å². The van der Waals surface area contributed by atoms with Gasteiger partial charge in [-0.2, -0.15) is 0 Å². The lowest BCUT2D eigenvalue weighted by molar-refractivity contribution is 0.248. The van der Waals surface area contributed by atoms with E-state index >= 15 is 0 Å². The van der Waals surface area contributed by atoms with E-state index in [2.05, 4.69) is 17.7 Å². The highest BCUT2D eigenvalue weighted by molar-refractivity contribution is 7.10. The Labute approximate surface area is 114 Å². The summed E-state index contributed by atoms with van der Waals surface area (Å²) in [6, 6.07) is 2.02. The number of rotatable bonds is 6. The van der Waals surface area contributed by atoms with Gasteiger partial charge in [0.25, 0.3) is 0 Å². The van der Waals surface area contributed by atoms with Crippen molar-refractivity contribution in [3.63, 3.8) is 0 Å². The Morgan fingerprint density at radius 3 is 2.71 bits per heavy atom. The summed E-state index contributed by atoms with van der Waals surface area (Å²) in [4.78, 5) is 1.38. The minimum atomic E-state index is 0.594. The van der Waals surface area contributed by atoms with Crippen molar-refractivity contribution in [2.45, 2.75) is 44.9 Å². The second-order valence-corrected chi connectivity index (χ2v) is 6.66. The molecule has 17 heavy (non-hydrogen) atoms. The smallest absolute Gasteiger partial charge is 0.0544 e. The molecule has 1 heterocycles. The summed E-state index contributed by atoms with van der Waals surface area (Å²) in [7, 11) is 2.05. The Kier molecular flexibility index (Phi) is 4.89. The maximum atomic E-state index is 6.17. The lowest BCUT2D eigenvalue weighted by Crippen LogP contribution is -2.23. The number of aryl methyl sites for hydroxylation is 1. The van der Waals surface area contributed by atoms with Crippen LogP contribution in [-0.2, 0) is 6.42 Å². The third-order valence-electron chi connectivity index (χ3n) is 4.14. The van der Waals surface area contributed by atoms with Gasteiger partial charge in [0.2, 0.25) is 0 Å². The third kappa shape index (κ3) is 3.46. The summed E-state index contributed by atoms with van der Waals surface area (Å²) < 4.78 is 0. The summed E-state index contributed by atoms with van der Waals surface area (Å²) in [5.41, 5.74) is 0.594. The maximum absolute atomic E-state index is 6.17. The first-order chi connectivity index (χ1) is 8.26. The Hall–Kier alpha value is -0.0500. The van der Waals surface area contributed by atoms with Crippen molar-refractivity contribution >= 4 is 22.9 Å². The van der Waals surface area contributed by atoms with Crippen LogP contribution in [0.3, 0.4) is 0 Å². The highest BCUT2D eigenvalue weighted by Crippen LogP contribution is 2.45. The second-order valence-electron chi connectivity index (χ2n) is 5.25. The third-order valence-corrected chi connectivity index (χ3v) is 5.59. The van der Waals surface area contributed by atoms with Crippen LogP contribution in [0.25, 0.3) is 0 Å². The van der Waals surface area contributed by atoms with Crippen LogP contribution in [0.2, 0.25) is 5.02 Å². The fourth-order valence-electron chi connectivity index (χ4n) is 3.02.